The number of aryl methyl sites for hydroxylation is 1. The molecule has 3 heteroatoms. The first-order valence-corrected chi connectivity index (χ1v) is 6.71. The van der Waals surface area contributed by atoms with Crippen molar-refractivity contribution in [3.8, 4) is 0 Å². The maximum atomic E-state index is 4.56. The van der Waals surface area contributed by atoms with Crippen LogP contribution in [-0.4, -0.2) is 16.1 Å². The van der Waals surface area contributed by atoms with Crippen LogP contribution in [0.3, 0.4) is 0 Å². The summed E-state index contributed by atoms with van der Waals surface area (Å²) in [7, 11) is 0. The number of aromatic nitrogens is 2. The van der Waals surface area contributed by atoms with E-state index in [1.165, 1.54) is 38.5 Å². The predicted molar refractivity (Wildman–Crippen MR) is 72.4 cm³/mol. The van der Waals surface area contributed by atoms with Gasteiger partial charge in [-0.05, 0) is 19.8 Å². The Morgan fingerprint density at radius 3 is 2.76 bits per heavy atom. The van der Waals surface area contributed by atoms with E-state index in [0.29, 0.717) is 6.04 Å². The molecule has 17 heavy (non-hydrogen) atoms. The number of nitrogens with zero attached hydrogens (tertiary/aromatic N) is 2. The molecule has 0 amide bonds. The number of nitrogens with one attached hydrogen (secondary N) is 1. The first-order chi connectivity index (χ1) is 8.31. The molecular weight excluding hydrogens is 210 g/mol. The SMILES string of the molecule is C=CCNc1nc(C)cn1C1CCCCCC1. The lowest BCUT2D eigenvalue weighted by atomic mass is 10.1. The molecule has 0 aliphatic heterocycles. The van der Waals surface area contributed by atoms with Crippen molar-refractivity contribution in [1.29, 1.82) is 0 Å². The number of hydrogen-bond donors (Lipinski definition) is 1. The van der Waals surface area contributed by atoms with Gasteiger partial charge in [0.2, 0.25) is 5.95 Å². The van der Waals surface area contributed by atoms with Crippen molar-refractivity contribution >= 4 is 5.95 Å². The molecule has 1 heterocycles. The van der Waals surface area contributed by atoms with E-state index in [2.05, 4.69) is 34.6 Å². The first-order valence-electron chi connectivity index (χ1n) is 6.71. The van der Waals surface area contributed by atoms with Gasteiger partial charge in [-0.15, -0.1) is 6.58 Å². The minimum Gasteiger partial charge on any atom is -0.352 e. The van der Waals surface area contributed by atoms with Crippen LogP contribution in [0, 0.1) is 6.92 Å². The maximum Gasteiger partial charge on any atom is 0.203 e. The summed E-state index contributed by atoms with van der Waals surface area (Å²) < 4.78 is 2.34. The van der Waals surface area contributed by atoms with Gasteiger partial charge in [0.05, 0.1) is 5.69 Å². The van der Waals surface area contributed by atoms with Gasteiger partial charge in [-0.25, -0.2) is 4.98 Å². The van der Waals surface area contributed by atoms with Crippen LogP contribution >= 0.6 is 0 Å². The quantitative estimate of drug-likeness (QED) is 0.635. The van der Waals surface area contributed by atoms with E-state index in [9.17, 15) is 0 Å². The van der Waals surface area contributed by atoms with Gasteiger partial charge in [0, 0.05) is 18.8 Å². The maximum absolute atomic E-state index is 4.56. The highest BCUT2D eigenvalue weighted by Gasteiger charge is 2.17. The summed E-state index contributed by atoms with van der Waals surface area (Å²) in [5.41, 5.74) is 1.10. The lowest BCUT2D eigenvalue weighted by Gasteiger charge is -2.18. The van der Waals surface area contributed by atoms with Crippen LogP contribution in [0.15, 0.2) is 18.9 Å². The molecule has 3 nitrogen and oxygen atoms in total. The van der Waals surface area contributed by atoms with Crippen LogP contribution in [-0.2, 0) is 0 Å². The Labute approximate surface area is 104 Å². The lowest BCUT2D eigenvalue weighted by molar-refractivity contribution is 0.447. The van der Waals surface area contributed by atoms with Crippen molar-refractivity contribution in [2.75, 3.05) is 11.9 Å². The number of imidazole rings is 1. The molecule has 0 aromatic carbocycles. The van der Waals surface area contributed by atoms with Crippen LogP contribution in [0.4, 0.5) is 5.95 Å². The highest BCUT2D eigenvalue weighted by atomic mass is 15.2. The van der Waals surface area contributed by atoms with E-state index in [4.69, 9.17) is 0 Å². The molecule has 0 unspecified atom stereocenters. The zero-order valence-electron chi connectivity index (χ0n) is 10.8. The molecule has 0 radical (unpaired) electrons. The molecule has 1 saturated carbocycles. The molecule has 0 bridgehead atoms. The highest BCUT2D eigenvalue weighted by molar-refractivity contribution is 5.30. The Bertz CT molecular complexity index is 360. The molecular formula is C14H23N3. The molecule has 1 aromatic heterocycles. The lowest BCUT2D eigenvalue weighted by Crippen LogP contribution is -2.12. The third-order valence-electron chi connectivity index (χ3n) is 3.48. The zero-order chi connectivity index (χ0) is 12.1. The van der Waals surface area contributed by atoms with E-state index in [1.54, 1.807) is 0 Å². The number of rotatable bonds is 4. The normalized spacial score (nSPS) is 17.7. The van der Waals surface area contributed by atoms with Gasteiger partial charge >= 0.3 is 0 Å². The summed E-state index contributed by atoms with van der Waals surface area (Å²) in [6.07, 6.45) is 12.1. The second-order valence-corrected chi connectivity index (χ2v) is 4.93. The average molecular weight is 233 g/mol. The van der Waals surface area contributed by atoms with E-state index in [-0.39, 0.29) is 0 Å². The summed E-state index contributed by atoms with van der Waals surface area (Å²) in [5, 5.41) is 3.34. The average Bonchev–Trinajstić information content (AvgIpc) is 2.56. The summed E-state index contributed by atoms with van der Waals surface area (Å²) in [5.74, 6) is 1.01. The van der Waals surface area contributed by atoms with E-state index < -0.39 is 0 Å². The molecule has 0 saturated heterocycles. The largest absolute Gasteiger partial charge is 0.352 e. The van der Waals surface area contributed by atoms with Gasteiger partial charge in [-0.2, -0.15) is 0 Å². The summed E-state index contributed by atoms with van der Waals surface area (Å²) >= 11 is 0. The molecule has 1 aliphatic carbocycles. The topological polar surface area (TPSA) is 29.9 Å². The van der Waals surface area contributed by atoms with Crippen molar-refractivity contribution in [3.63, 3.8) is 0 Å². The standard InChI is InChI=1S/C14H23N3/c1-3-10-15-14-16-12(2)11-17(14)13-8-6-4-5-7-9-13/h3,11,13H,1,4-10H2,2H3,(H,15,16). The van der Waals surface area contributed by atoms with E-state index in [1.807, 2.05) is 6.08 Å². The monoisotopic (exact) mass is 233 g/mol. The minimum atomic E-state index is 0.631. The van der Waals surface area contributed by atoms with Gasteiger partial charge in [0.25, 0.3) is 0 Å². The second kappa shape index (κ2) is 5.89. The molecule has 1 fully saturated rings. The fourth-order valence-corrected chi connectivity index (χ4v) is 2.62. The van der Waals surface area contributed by atoms with Gasteiger partial charge in [-0.1, -0.05) is 31.8 Å². The Kier molecular flexibility index (Phi) is 4.24. The molecule has 1 N–H and O–H groups in total. The van der Waals surface area contributed by atoms with Crippen LogP contribution in [0.1, 0.15) is 50.3 Å². The molecule has 2 rings (SSSR count). The van der Waals surface area contributed by atoms with Gasteiger partial charge in [0.15, 0.2) is 0 Å². The van der Waals surface area contributed by atoms with E-state index >= 15 is 0 Å². The Hall–Kier alpha value is -1.25. The van der Waals surface area contributed by atoms with Crippen LogP contribution in [0.25, 0.3) is 0 Å². The van der Waals surface area contributed by atoms with Crippen LogP contribution in [0.2, 0.25) is 0 Å². The van der Waals surface area contributed by atoms with Crippen molar-refractivity contribution < 1.29 is 0 Å². The van der Waals surface area contributed by atoms with Gasteiger partial charge in [-0.3, -0.25) is 0 Å². The second-order valence-electron chi connectivity index (χ2n) is 4.93. The fraction of sp³-hybridized carbons (Fsp3) is 0.643. The molecule has 1 aliphatic rings. The third-order valence-corrected chi connectivity index (χ3v) is 3.48. The van der Waals surface area contributed by atoms with Gasteiger partial charge in [0.1, 0.15) is 0 Å². The molecule has 94 valence electrons. The molecule has 1 aromatic rings. The summed E-state index contributed by atoms with van der Waals surface area (Å²) in [4.78, 5) is 4.56. The summed E-state index contributed by atoms with van der Waals surface area (Å²) in [6.45, 7) is 6.58. The molecule has 0 spiro atoms. The first kappa shape index (κ1) is 12.2. The fourth-order valence-electron chi connectivity index (χ4n) is 2.62. The Balaban J connectivity index is 2.13. The van der Waals surface area contributed by atoms with E-state index in [0.717, 1.165) is 18.2 Å². The van der Waals surface area contributed by atoms with Crippen LogP contribution < -0.4 is 5.32 Å². The van der Waals surface area contributed by atoms with Crippen molar-refractivity contribution in [2.45, 2.75) is 51.5 Å². The highest BCUT2D eigenvalue weighted by Crippen LogP contribution is 2.29. The third kappa shape index (κ3) is 3.11. The number of anilines is 1. The Morgan fingerprint density at radius 1 is 1.41 bits per heavy atom. The summed E-state index contributed by atoms with van der Waals surface area (Å²) in [6, 6.07) is 0.631. The van der Waals surface area contributed by atoms with Crippen molar-refractivity contribution in [3.05, 3.63) is 24.5 Å². The van der Waals surface area contributed by atoms with Gasteiger partial charge < -0.3 is 9.88 Å². The molecule has 0 atom stereocenters. The number of hydrogen-bond acceptors (Lipinski definition) is 2. The smallest absolute Gasteiger partial charge is 0.203 e. The zero-order valence-corrected chi connectivity index (χ0v) is 10.8. The van der Waals surface area contributed by atoms with Crippen molar-refractivity contribution in [1.82, 2.24) is 9.55 Å². The minimum absolute atomic E-state index is 0.631. The Morgan fingerprint density at radius 2 is 2.12 bits per heavy atom. The van der Waals surface area contributed by atoms with Crippen molar-refractivity contribution in [2.24, 2.45) is 0 Å². The van der Waals surface area contributed by atoms with Crippen LogP contribution in [0.5, 0.6) is 0 Å². The predicted octanol–water partition coefficient (Wildman–Crippen LogP) is 3.68.